The maximum atomic E-state index is 13.5. The number of ether oxygens (including phenoxy) is 1. The van der Waals surface area contributed by atoms with Crippen molar-refractivity contribution in [1.29, 1.82) is 0 Å². The van der Waals surface area contributed by atoms with Gasteiger partial charge in [0.15, 0.2) is 0 Å². The molecule has 28 heavy (non-hydrogen) atoms. The van der Waals surface area contributed by atoms with Gasteiger partial charge < -0.3 is 10.1 Å². The Labute approximate surface area is 165 Å². The summed E-state index contributed by atoms with van der Waals surface area (Å²) < 4.78 is 20.6. The lowest BCUT2D eigenvalue weighted by molar-refractivity contribution is -0.117. The molecule has 0 atom stereocenters. The average molecular weight is 389 g/mol. The minimum Gasteiger partial charge on any atom is -0.496 e. The number of anilines is 1. The highest BCUT2D eigenvalue weighted by Gasteiger charge is 2.21. The van der Waals surface area contributed by atoms with Gasteiger partial charge in [-0.2, -0.15) is 5.10 Å². The molecule has 3 rings (SSSR count). The van der Waals surface area contributed by atoms with Gasteiger partial charge in [0.05, 0.1) is 30.7 Å². The fourth-order valence-corrected chi connectivity index (χ4v) is 3.55. The predicted octanol–water partition coefficient (Wildman–Crippen LogP) is 1.94. The van der Waals surface area contributed by atoms with Crippen LogP contribution in [0.3, 0.4) is 0 Å². The zero-order valence-electron chi connectivity index (χ0n) is 17.0. The summed E-state index contributed by atoms with van der Waals surface area (Å²) in [5.41, 5.74) is 3.41. The summed E-state index contributed by atoms with van der Waals surface area (Å²) in [7, 11) is 3.46. The number of nitrogens with zero attached hydrogens (tertiary/aromatic N) is 4. The van der Waals surface area contributed by atoms with Gasteiger partial charge in [0.2, 0.25) is 5.91 Å². The summed E-state index contributed by atoms with van der Waals surface area (Å²) in [6, 6.07) is 4.59. The third-order valence-corrected chi connectivity index (χ3v) is 5.24. The normalized spacial score (nSPS) is 15.6. The van der Waals surface area contributed by atoms with Gasteiger partial charge in [-0.05, 0) is 32.0 Å². The van der Waals surface area contributed by atoms with Crippen molar-refractivity contribution in [2.45, 2.75) is 20.4 Å². The van der Waals surface area contributed by atoms with Crippen LogP contribution in [-0.4, -0.2) is 65.3 Å². The SMILES string of the molecule is COc1ccc(F)cc1CN1CCN(CC(=O)Nc2c(C)nn(C)c2C)CC1. The van der Waals surface area contributed by atoms with Crippen molar-refractivity contribution in [3.63, 3.8) is 0 Å². The molecule has 2 heterocycles. The number of nitrogens with one attached hydrogen (secondary N) is 1. The van der Waals surface area contributed by atoms with Crippen molar-refractivity contribution >= 4 is 11.6 Å². The molecular formula is C20H28FN5O2. The Morgan fingerprint density at radius 3 is 2.50 bits per heavy atom. The van der Waals surface area contributed by atoms with Gasteiger partial charge in [0.1, 0.15) is 11.6 Å². The van der Waals surface area contributed by atoms with Gasteiger partial charge in [0.25, 0.3) is 0 Å². The molecule has 0 spiro atoms. The fourth-order valence-electron chi connectivity index (χ4n) is 3.55. The topological polar surface area (TPSA) is 62.6 Å². The van der Waals surface area contributed by atoms with E-state index in [1.54, 1.807) is 17.9 Å². The molecule has 152 valence electrons. The number of piperazine rings is 1. The van der Waals surface area contributed by atoms with Crippen LogP contribution in [0.4, 0.5) is 10.1 Å². The molecule has 1 amide bonds. The lowest BCUT2D eigenvalue weighted by Crippen LogP contribution is -2.48. The van der Waals surface area contributed by atoms with Crippen LogP contribution in [0.25, 0.3) is 0 Å². The Balaban J connectivity index is 1.50. The van der Waals surface area contributed by atoms with Gasteiger partial charge in [-0.15, -0.1) is 0 Å². The third-order valence-electron chi connectivity index (χ3n) is 5.24. The van der Waals surface area contributed by atoms with E-state index in [2.05, 4.69) is 20.2 Å². The highest BCUT2D eigenvalue weighted by atomic mass is 19.1. The molecule has 1 fully saturated rings. The first-order valence-corrected chi connectivity index (χ1v) is 9.44. The molecule has 0 unspecified atom stereocenters. The molecule has 1 N–H and O–H groups in total. The summed E-state index contributed by atoms with van der Waals surface area (Å²) in [6.45, 7) is 8.03. The lowest BCUT2D eigenvalue weighted by Gasteiger charge is -2.34. The van der Waals surface area contributed by atoms with Crippen LogP contribution in [-0.2, 0) is 18.4 Å². The van der Waals surface area contributed by atoms with Crippen LogP contribution in [0, 0.1) is 19.7 Å². The molecule has 0 bridgehead atoms. The van der Waals surface area contributed by atoms with Crippen LogP contribution >= 0.6 is 0 Å². The first kappa shape index (κ1) is 20.3. The molecule has 2 aromatic rings. The predicted molar refractivity (Wildman–Crippen MR) is 106 cm³/mol. The summed E-state index contributed by atoms with van der Waals surface area (Å²) in [4.78, 5) is 16.8. The quantitative estimate of drug-likeness (QED) is 0.818. The number of rotatable bonds is 6. The molecule has 1 aromatic carbocycles. The van der Waals surface area contributed by atoms with E-state index in [1.165, 1.54) is 12.1 Å². The van der Waals surface area contributed by atoms with E-state index in [0.29, 0.717) is 18.8 Å². The standard InChI is InChI=1S/C20H28FN5O2/c1-14-20(15(2)24(3)23-14)22-19(27)13-26-9-7-25(8-10-26)12-16-11-17(21)5-6-18(16)28-4/h5-6,11H,7-10,12-13H2,1-4H3,(H,22,27). The lowest BCUT2D eigenvalue weighted by atomic mass is 10.1. The fraction of sp³-hybridized carbons (Fsp3) is 0.500. The first-order valence-electron chi connectivity index (χ1n) is 9.44. The summed E-state index contributed by atoms with van der Waals surface area (Å²) in [5.74, 6) is 0.414. The molecule has 0 radical (unpaired) electrons. The second kappa shape index (κ2) is 8.70. The van der Waals surface area contributed by atoms with E-state index in [9.17, 15) is 9.18 Å². The van der Waals surface area contributed by atoms with E-state index in [0.717, 1.165) is 48.8 Å². The van der Waals surface area contributed by atoms with E-state index >= 15 is 0 Å². The Kier molecular flexibility index (Phi) is 6.31. The number of halogens is 1. The number of hydrogen-bond acceptors (Lipinski definition) is 5. The highest BCUT2D eigenvalue weighted by molar-refractivity contribution is 5.93. The van der Waals surface area contributed by atoms with E-state index in [-0.39, 0.29) is 11.7 Å². The van der Waals surface area contributed by atoms with Crippen LogP contribution in [0.5, 0.6) is 5.75 Å². The Morgan fingerprint density at radius 1 is 1.21 bits per heavy atom. The molecule has 1 saturated heterocycles. The van der Waals surface area contributed by atoms with Crippen molar-refractivity contribution in [1.82, 2.24) is 19.6 Å². The van der Waals surface area contributed by atoms with E-state index in [4.69, 9.17) is 4.74 Å². The van der Waals surface area contributed by atoms with Crippen molar-refractivity contribution < 1.29 is 13.9 Å². The summed E-state index contributed by atoms with van der Waals surface area (Å²) >= 11 is 0. The van der Waals surface area contributed by atoms with Gasteiger partial charge in [0, 0.05) is 45.3 Å². The molecule has 0 saturated carbocycles. The first-order chi connectivity index (χ1) is 13.4. The van der Waals surface area contributed by atoms with E-state index in [1.807, 2.05) is 20.9 Å². The Bertz CT molecular complexity index is 843. The second-order valence-corrected chi connectivity index (χ2v) is 7.23. The Hall–Kier alpha value is -2.45. The minimum absolute atomic E-state index is 0.0283. The van der Waals surface area contributed by atoms with Crippen LogP contribution in [0.2, 0.25) is 0 Å². The number of aromatic nitrogens is 2. The molecular weight excluding hydrogens is 361 g/mol. The van der Waals surface area contributed by atoms with E-state index < -0.39 is 0 Å². The van der Waals surface area contributed by atoms with Gasteiger partial charge in [-0.1, -0.05) is 0 Å². The van der Waals surface area contributed by atoms with Crippen LogP contribution in [0.15, 0.2) is 18.2 Å². The maximum absolute atomic E-state index is 13.5. The smallest absolute Gasteiger partial charge is 0.238 e. The van der Waals surface area contributed by atoms with Gasteiger partial charge >= 0.3 is 0 Å². The van der Waals surface area contributed by atoms with Gasteiger partial charge in [-0.3, -0.25) is 19.3 Å². The number of aryl methyl sites for hydroxylation is 2. The molecule has 8 heteroatoms. The highest BCUT2D eigenvalue weighted by Crippen LogP contribution is 2.22. The monoisotopic (exact) mass is 389 g/mol. The molecule has 1 aliphatic heterocycles. The molecule has 1 aromatic heterocycles. The average Bonchev–Trinajstić information content (AvgIpc) is 2.90. The van der Waals surface area contributed by atoms with Crippen LogP contribution < -0.4 is 10.1 Å². The van der Waals surface area contributed by atoms with Crippen molar-refractivity contribution in [2.75, 3.05) is 45.2 Å². The van der Waals surface area contributed by atoms with Crippen molar-refractivity contribution in [3.05, 3.63) is 41.0 Å². The Morgan fingerprint density at radius 2 is 1.89 bits per heavy atom. The number of benzene rings is 1. The second-order valence-electron chi connectivity index (χ2n) is 7.23. The minimum atomic E-state index is -0.257. The summed E-state index contributed by atoms with van der Waals surface area (Å²) in [5, 5.41) is 7.31. The van der Waals surface area contributed by atoms with Gasteiger partial charge in [-0.25, -0.2) is 4.39 Å². The number of carbonyl (C=O) groups is 1. The molecule has 7 nitrogen and oxygen atoms in total. The zero-order chi connectivity index (χ0) is 20.3. The number of hydrogen-bond donors (Lipinski definition) is 1. The van der Waals surface area contributed by atoms with Crippen molar-refractivity contribution in [3.8, 4) is 5.75 Å². The maximum Gasteiger partial charge on any atom is 0.238 e. The number of amides is 1. The third kappa shape index (κ3) is 4.69. The summed E-state index contributed by atoms with van der Waals surface area (Å²) in [6.07, 6.45) is 0. The van der Waals surface area contributed by atoms with Crippen molar-refractivity contribution in [2.24, 2.45) is 7.05 Å². The number of methoxy groups -OCH3 is 1. The zero-order valence-corrected chi connectivity index (χ0v) is 17.0. The van der Waals surface area contributed by atoms with Crippen LogP contribution in [0.1, 0.15) is 17.0 Å². The molecule has 0 aliphatic carbocycles. The largest absolute Gasteiger partial charge is 0.496 e. The number of carbonyl (C=O) groups excluding carboxylic acids is 1. The molecule has 1 aliphatic rings.